The molecule has 2 rings (SSSR count). The molecule has 19 heavy (non-hydrogen) atoms. The van der Waals surface area contributed by atoms with Gasteiger partial charge in [-0.05, 0) is 50.9 Å². The Labute approximate surface area is 118 Å². The minimum atomic E-state index is 0.412. The molecule has 3 heteroatoms. The molecule has 2 unspecified atom stereocenters. The third-order valence-electron chi connectivity index (χ3n) is 4.73. The number of rotatable bonds is 6. The summed E-state index contributed by atoms with van der Waals surface area (Å²) in [4.78, 5) is 0. The van der Waals surface area contributed by atoms with E-state index in [1.165, 1.54) is 38.5 Å². The van der Waals surface area contributed by atoms with Crippen LogP contribution in [0.25, 0.3) is 0 Å². The molecule has 112 valence electrons. The molecule has 0 bridgehead atoms. The van der Waals surface area contributed by atoms with Gasteiger partial charge in [0.15, 0.2) is 0 Å². The second kappa shape index (κ2) is 7.05. The van der Waals surface area contributed by atoms with E-state index in [9.17, 15) is 0 Å². The maximum atomic E-state index is 5.99. The van der Waals surface area contributed by atoms with Gasteiger partial charge < -0.3 is 14.8 Å². The molecule has 0 amide bonds. The normalized spacial score (nSPS) is 29.5. The standard InChI is InChI=1S/C16H31NO2/c1-13(15-5-4-11-19-15)17-10-12-18-14-6-8-16(2,3)9-7-14/h13-15,17H,4-12H2,1-3H3. The van der Waals surface area contributed by atoms with Crippen molar-refractivity contribution in [2.24, 2.45) is 5.41 Å². The van der Waals surface area contributed by atoms with Crippen LogP contribution in [0.3, 0.4) is 0 Å². The third kappa shape index (κ3) is 5.05. The Hall–Kier alpha value is -0.120. The van der Waals surface area contributed by atoms with Crippen molar-refractivity contribution in [1.29, 1.82) is 0 Å². The quantitative estimate of drug-likeness (QED) is 0.752. The maximum absolute atomic E-state index is 5.99. The predicted molar refractivity (Wildman–Crippen MR) is 78.4 cm³/mol. The summed E-state index contributed by atoms with van der Waals surface area (Å²) in [5.74, 6) is 0. The van der Waals surface area contributed by atoms with Crippen molar-refractivity contribution < 1.29 is 9.47 Å². The van der Waals surface area contributed by atoms with Crippen LogP contribution < -0.4 is 5.32 Å². The van der Waals surface area contributed by atoms with E-state index in [0.29, 0.717) is 23.7 Å². The van der Waals surface area contributed by atoms with Crippen molar-refractivity contribution >= 4 is 0 Å². The highest BCUT2D eigenvalue weighted by atomic mass is 16.5. The first kappa shape index (κ1) is 15.3. The molecule has 2 fully saturated rings. The average Bonchev–Trinajstić information content (AvgIpc) is 2.90. The van der Waals surface area contributed by atoms with E-state index in [2.05, 4.69) is 26.1 Å². The first-order chi connectivity index (χ1) is 9.07. The topological polar surface area (TPSA) is 30.5 Å². The van der Waals surface area contributed by atoms with Crippen molar-refractivity contribution in [3.63, 3.8) is 0 Å². The molecule has 1 heterocycles. The lowest BCUT2D eigenvalue weighted by atomic mass is 9.76. The van der Waals surface area contributed by atoms with Crippen LogP contribution >= 0.6 is 0 Å². The van der Waals surface area contributed by atoms with E-state index in [0.717, 1.165) is 19.8 Å². The molecular formula is C16H31NO2. The van der Waals surface area contributed by atoms with Gasteiger partial charge in [-0.3, -0.25) is 0 Å². The number of ether oxygens (including phenoxy) is 2. The highest BCUT2D eigenvalue weighted by Crippen LogP contribution is 2.36. The number of nitrogens with one attached hydrogen (secondary N) is 1. The lowest BCUT2D eigenvalue weighted by molar-refractivity contribution is 0.00320. The van der Waals surface area contributed by atoms with E-state index >= 15 is 0 Å². The highest BCUT2D eigenvalue weighted by molar-refractivity contribution is 4.79. The van der Waals surface area contributed by atoms with Crippen LogP contribution in [0.4, 0.5) is 0 Å². The summed E-state index contributed by atoms with van der Waals surface area (Å²) < 4.78 is 11.7. The molecule has 2 aliphatic rings. The van der Waals surface area contributed by atoms with Gasteiger partial charge in [-0.1, -0.05) is 13.8 Å². The molecule has 0 spiro atoms. The van der Waals surface area contributed by atoms with Gasteiger partial charge in [0, 0.05) is 19.2 Å². The van der Waals surface area contributed by atoms with Crippen LogP contribution in [0.5, 0.6) is 0 Å². The number of hydrogen-bond acceptors (Lipinski definition) is 3. The maximum Gasteiger partial charge on any atom is 0.0726 e. The fourth-order valence-electron chi connectivity index (χ4n) is 3.18. The Morgan fingerprint density at radius 2 is 2.00 bits per heavy atom. The Balaban J connectivity index is 1.52. The van der Waals surface area contributed by atoms with Crippen molar-refractivity contribution in [1.82, 2.24) is 5.32 Å². The molecule has 2 atom stereocenters. The SMILES string of the molecule is CC(NCCOC1CCC(C)(C)CC1)C1CCCO1. The average molecular weight is 269 g/mol. The van der Waals surface area contributed by atoms with Crippen LogP contribution in [0.15, 0.2) is 0 Å². The van der Waals surface area contributed by atoms with Crippen molar-refractivity contribution in [3.8, 4) is 0 Å². The summed E-state index contributed by atoms with van der Waals surface area (Å²) >= 11 is 0. The monoisotopic (exact) mass is 269 g/mol. The lowest BCUT2D eigenvalue weighted by Gasteiger charge is -2.34. The zero-order valence-electron chi connectivity index (χ0n) is 12.9. The predicted octanol–water partition coefficient (Wildman–Crippen LogP) is 3.13. The van der Waals surface area contributed by atoms with Gasteiger partial charge in [0.2, 0.25) is 0 Å². The third-order valence-corrected chi connectivity index (χ3v) is 4.73. The minimum Gasteiger partial charge on any atom is -0.377 e. The van der Waals surface area contributed by atoms with E-state index in [-0.39, 0.29) is 0 Å². The van der Waals surface area contributed by atoms with Crippen LogP contribution in [0.2, 0.25) is 0 Å². The molecule has 1 aliphatic carbocycles. The van der Waals surface area contributed by atoms with Crippen LogP contribution in [0, 0.1) is 5.41 Å². The fraction of sp³-hybridized carbons (Fsp3) is 1.00. The van der Waals surface area contributed by atoms with E-state index in [1.54, 1.807) is 0 Å². The largest absolute Gasteiger partial charge is 0.377 e. The first-order valence-corrected chi connectivity index (χ1v) is 8.03. The zero-order valence-corrected chi connectivity index (χ0v) is 12.9. The Morgan fingerprint density at radius 1 is 1.26 bits per heavy atom. The fourth-order valence-corrected chi connectivity index (χ4v) is 3.18. The molecular weight excluding hydrogens is 238 g/mol. The van der Waals surface area contributed by atoms with Gasteiger partial charge in [-0.25, -0.2) is 0 Å². The summed E-state index contributed by atoms with van der Waals surface area (Å²) in [6, 6.07) is 0.455. The lowest BCUT2D eigenvalue weighted by Crippen LogP contribution is -2.39. The zero-order chi connectivity index (χ0) is 13.7. The van der Waals surface area contributed by atoms with Crippen LogP contribution in [-0.2, 0) is 9.47 Å². The summed E-state index contributed by atoms with van der Waals surface area (Å²) in [5, 5.41) is 3.53. The van der Waals surface area contributed by atoms with E-state index in [1.807, 2.05) is 0 Å². The van der Waals surface area contributed by atoms with E-state index in [4.69, 9.17) is 9.47 Å². The Bertz CT molecular complexity index is 251. The molecule has 1 saturated heterocycles. The highest BCUT2D eigenvalue weighted by Gasteiger charge is 2.27. The smallest absolute Gasteiger partial charge is 0.0726 e. The van der Waals surface area contributed by atoms with Crippen LogP contribution in [-0.4, -0.2) is 38.0 Å². The van der Waals surface area contributed by atoms with Gasteiger partial charge in [-0.2, -0.15) is 0 Å². The second-order valence-corrected chi connectivity index (χ2v) is 7.03. The van der Waals surface area contributed by atoms with Gasteiger partial charge >= 0.3 is 0 Å². The molecule has 0 radical (unpaired) electrons. The molecule has 0 aromatic rings. The van der Waals surface area contributed by atoms with E-state index < -0.39 is 0 Å². The molecule has 0 aromatic heterocycles. The second-order valence-electron chi connectivity index (χ2n) is 7.03. The summed E-state index contributed by atoms with van der Waals surface area (Å²) in [6.07, 6.45) is 8.39. The number of hydrogen-bond donors (Lipinski definition) is 1. The Kier molecular flexibility index (Phi) is 5.67. The van der Waals surface area contributed by atoms with Crippen molar-refractivity contribution in [3.05, 3.63) is 0 Å². The molecule has 1 N–H and O–H groups in total. The molecule has 1 saturated carbocycles. The van der Waals surface area contributed by atoms with Gasteiger partial charge in [0.1, 0.15) is 0 Å². The molecule has 0 aromatic carbocycles. The summed E-state index contributed by atoms with van der Waals surface area (Å²) in [7, 11) is 0. The van der Waals surface area contributed by atoms with Crippen molar-refractivity contribution in [2.45, 2.75) is 77.5 Å². The van der Waals surface area contributed by atoms with Gasteiger partial charge in [-0.15, -0.1) is 0 Å². The van der Waals surface area contributed by atoms with Gasteiger partial charge in [0.25, 0.3) is 0 Å². The summed E-state index contributed by atoms with van der Waals surface area (Å²) in [6.45, 7) is 9.68. The van der Waals surface area contributed by atoms with Gasteiger partial charge in [0.05, 0.1) is 18.8 Å². The Morgan fingerprint density at radius 3 is 2.63 bits per heavy atom. The van der Waals surface area contributed by atoms with Crippen molar-refractivity contribution in [2.75, 3.05) is 19.8 Å². The summed E-state index contributed by atoms with van der Waals surface area (Å²) in [5.41, 5.74) is 0.534. The molecule has 1 aliphatic heterocycles. The molecule has 3 nitrogen and oxygen atoms in total. The minimum absolute atomic E-state index is 0.412. The van der Waals surface area contributed by atoms with Crippen LogP contribution in [0.1, 0.15) is 59.3 Å². The first-order valence-electron chi connectivity index (χ1n) is 8.03.